The Balaban J connectivity index is 1.58. The molecular formula is C26H33F3. The van der Waals surface area contributed by atoms with Crippen LogP contribution in [0.15, 0.2) is 42.5 Å². The van der Waals surface area contributed by atoms with E-state index in [2.05, 4.69) is 19.1 Å². The van der Waals surface area contributed by atoms with Crippen molar-refractivity contribution >= 4 is 0 Å². The lowest BCUT2D eigenvalue weighted by Gasteiger charge is -2.29. The van der Waals surface area contributed by atoms with E-state index in [1.165, 1.54) is 75.5 Å². The van der Waals surface area contributed by atoms with Gasteiger partial charge in [-0.15, -0.1) is 0 Å². The highest BCUT2D eigenvalue weighted by atomic mass is 19.3. The van der Waals surface area contributed by atoms with Gasteiger partial charge in [0.05, 0.1) is 5.56 Å². The topological polar surface area (TPSA) is 0 Å². The van der Waals surface area contributed by atoms with E-state index < -0.39 is 17.3 Å². The van der Waals surface area contributed by atoms with Gasteiger partial charge in [-0.2, -0.15) is 0 Å². The molecule has 2 aromatic rings. The fourth-order valence-corrected chi connectivity index (χ4v) is 4.64. The Morgan fingerprint density at radius 2 is 1.52 bits per heavy atom. The van der Waals surface area contributed by atoms with Crippen LogP contribution in [0.4, 0.5) is 13.2 Å². The maximum Gasteiger partial charge on any atom is 0.273 e. The van der Waals surface area contributed by atoms with Crippen molar-refractivity contribution in [3.63, 3.8) is 0 Å². The monoisotopic (exact) mass is 402 g/mol. The molecule has 0 nitrogen and oxygen atoms in total. The second-order valence-electron chi connectivity index (χ2n) is 8.77. The Morgan fingerprint density at radius 3 is 2.10 bits per heavy atom. The summed E-state index contributed by atoms with van der Waals surface area (Å²) in [7, 11) is 0. The molecule has 0 unspecified atom stereocenters. The van der Waals surface area contributed by atoms with Gasteiger partial charge in [-0.3, -0.25) is 0 Å². The minimum Gasteiger partial charge on any atom is -0.206 e. The lowest BCUT2D eigenvalue weighted by Crippen LogP contribution is -2.13. The molecule has 3 heteroatoms. The first-order chi connectivity index (χ1) is 13.9. The highest BCUT2D eigenvalue weighted by Crippen LogP contribution is 2.38. The van der Waals surface area contributed by atoms with Crippen molar-refractivity contribution in [3.8, 4) is 11.1 Å². The number of alkyl halides is 2. The first kappa shape index (κ1) is 21.9. The van der Waals surface area contributed by atoms with Gasteiger partial charge in [0.2, 0.25) is 0 Å². The van der Waals surface area contributed by atoms with Gasteiger partial charge in [-0.25, -0.2) is 13.2 Å². The maximum atomic E-state index is 14.1. The van der Waals surface area contributed by atoms with Gasteiger partial charge >= 0.3 is 0 Å². The van der Waals surface area contributed by atoms with Gasteiger partial charge in [0, 0.05) is 6.92 Å². The van der Waals surface area contributed by atoms with Crippen LogP contribution in [0.2, 0.25) is 0 Å². The SMILES string of the molecule is CCCCCC[C@H]1CC[C@H](c2ccc(-c3ccc(C(C)(F)F)c(F)c3)cc2)CC1. The van der Waals surface area contributed by atoms with E-state index >= 15 is 0 Å². The summed E-state index contributed by atoms with van der Waals surface area (Å²) in [5, 5.41) is 0. The van der Waals surface area contributed by atoms with E-state index in [0.29, 0.717) is 11.5 Å². The van der Waals surface area contributed by atoms with Gasteiger partial charge in [0.1, 0.15) is 5.82 Å². The quantitative estimate of drug-likeness (QED) is 0.387. The van der Waals surface area contributed by atoms with E-state index in [-0.39, 0.29) is 0 Å². The Labute approximate surface area is 173 Å². The van der Waals surface area contributed by atoms with Gasteiger partial charge in [-0.05, 0) is 66.3 Å². The number of hydrogen-bond donors (Lipinski definition) is 0. The normalized spacial score (nSPS) is 20.0. The van der Waals surface area contributed by atoms with Crippen molar-refractivity contribution in [1.29, 1.82) is 0 Å². The molecule has 0 aromatic heterocycles. The second kappa shape index (κ2) is 9.82. The molecule has 3 rings (SSSR count). The standard InChI is InChI=1S/C26H33F3/c1-3-4-5-6-7-19-8-10-20(11-9-19)21-12-14-22(15-13-21)23-16-17-24(25(27)18-23)26(2,28)29/h12-20H,3-11H2,1-2H3/t19-,20-. The van der Waals surface area contributed by atoms with Crippen LogP contribution in [-0.2, 0) is 5.92 Å². The molecule has 0 atom stereocenters. The molecule has 1 aliphatic rings. The lowest BCUT2D eigenvalue weighted by atomic mass is 9.77. The molecule has 2 aromatic carbocycles. The van der Waals surface area contributed by atoms with Crippen molar-refractivity contribution in [2.75, 3.05) is 0 Å². The molecule has 0 radical (unpaired) electrons. The molecule has 1 fully saturated rings. The summed E-state index contributed by atoms with van der Waals surface area (Å²) in [6.07, 6.45) is 11.9. The predicted molar refractivity (Wildman–Crippen MR) is 115 cm³/mol. The first-order valence-electron chi connectivity index (χ1n) is 11.2. The van der Waals surface area contributed by atoms with E-state index in [0.717, 1.165) is 18.4 Å². The van der Waals surface area contributed by atoms with Crippen LogP contribution in [0, 0.1) is 11.7 Å². The average Bonchev–Trinajstić information content (AvgIpc) is 2.71. The van der Waals surface area contributed by atoms with Crippen LogP contribution in [0.3, 0.4) is 0 Å². The summed E-state index contributed by atoms with van der Waals surface area (Å²) in [5.41, 5.74) is 2.29. The predicted octanol–water partition coefficient (Wildman–Crippen LogP) is 8.85. The smallest absolute Gasteiger partial charge is 0.206 e. The number of unbranched alkanes of at least 4 members (excludes halogenated alkanes) is 3. The van der Waals surface area contributed by atoms with Crippen LogP contribution >= 0.6 is 0 Å². The van der Waals surface area contributed by atoms with Gasteiger partial charge in [-0.1, -0.05) is 69.4 Å². The van der Waals surface area contributed by atoms with E-state index in [9.17, 15) is 13.2 Å². The molecule has 0 amide bonds. The zero-order valence-corrected chi connectivity index (χ0v) is 17.7. The molecule has 0 bridgehead atoms. The third-order valence-corrected chi connectivity index (χ3v) is 6.47. The molecule has 0 spiro atoms. The van der Waals surface area contributed by atoms with E-state index in [4.69, 9.17) is 0 Å². The van der Waals surface area contributed by atoms with Crippen LogP contribution in [0.25, 0.3) is 11.1 Å². The van der Waals surface area contributed by atoms with Crippen molar-refractivity contribution in [3.05, 3.63) is 59.4 Å². The van der Waals surface area contributed by atoms with Crippen LogP contribution in [-0.4, -0.2) is 0 Å². The summed E-state index contributed by atoms with van der Waals surface area (Å²) < 4.78 is 40.9. The molecular weight excluding hydrogens is 369 g/mol. The zero-order valence-electron chi connectivity index (χ0n) is 17.7. The van der Waals surface area contributed by atoms with E-state index in [1.54, 1.807) is 6.07 Å². The first-order valence-corrected chi connectivity index (χ1v) is 11.2. The maximum absolute atomic E-state index is 14.1. The fraction of sp³-hybridized carbons (Fsp3) is 0.538. The molecule has 0 heterocycles. The molecule has 0 N–H and O–H groups in total. The molecule has 1 saturated carbocycles. The average molecular weight is 403 g/mol. The Bertz CT molecular complexity index is 766. The van der Waals surface area contributed by atoms with E-state index in [1.807, 2.05) is 12.1 Å². The van der Waals surface area contributed by atoms with Crippen molar-refractivity contribution in [2.24, 2.45) is 5.92 Å². The Hall–Kier alpha value is -1.77. The summed E-state index contributed by atoms with van der Waals surface area (Å²) in [6, 6.07) is 12.2. The highest BCUT2D eigenvalue weighted by molar-refractivity contribution is 5.64. The summed E-state index contributed by atoms with van der Waals surface area (Å²) in [4.78, 5) is 0. The van der Waals surface area contributed by atoms with Crippen LogP contribution in [0.5, 0.6) is 0 Å². The molecule has 0 aliphatic heterocycles. The summed E-state index contributed by atoms with van der Waals surface area (Å²) in [5.74, 6) is -2.52. The highest BCUT2D eigenvalue weighted by Gasteiger charge is 2.28. The van der Waals surface area contributed by atoms with Crippen molar-refractivity contribution < 1.29 is 13.2 Å². The lowest BCUT2D eigenvalue weighted by molar-refractivity contribution is 0.0138. The number of halogens is 3. The third-order valence-electron chi connectivity index (χ3n) is 6.47. The minimum atomic E-state index is -3.17. The second-order valence-corrected chi connectivity index (χ2v) is 8.77. The number of rotatable bonds is 8. The molecule has 0 saturated heterocycles. The van der Waals surface area contributed by atoms with Crippen LogP contribution < -0.4 is 0 Å². The Morgan fingerprint density at radius 1 is 0.862 bits per heavy atom. The minimum absolute atomic E-state index is 0.552. The van der Waals surface area contributed by atoms with Gasteiger partial charge < -0.3 is 0 Å². The van der Waals surface area contributed by atoms with Crippen LogP contribution in [0.1, 0.15) is 88.7 Å². The number of hydrogen-bond acceptors (Lipinski definition) is 0. The van der Waals surface area contributed by atoms with Crippen molar-refractivity contribution in [2.45, 2.75) is 83.5 Å². The molecule has 158 valence electrons. The van der Waals surface area contributed by atoms with Gasteiger partial charge in [0.25, 0.3) is 5.92 Å². The number of benzene rings is 2. The Kier molecular flexibility index (Phi) is 7.43. The van der Waals surface area contributed by atoms with Gasteiger partial charge in [0.15, 0.2) is 0 Å². The summed E-state index contributed by atoms with van der Waals surface area (Å²) >= 11 is 0. The molecule has 29 heavy (non-hydrogen) atoms. The zero-order chi connectivity index (χ0) is 20.9. The largest absolute Gasteiger partial charge is 0.273 e. The fourth-order valence-electron chi connectivity index (χ4n) is 4.64. The molecule has 1 aliphatic carbocycles. The third kappa shape index (κ3) is 5.87. The van der Waals surface area contributed by atoms with Crippen molar-refractivity contribution in [1.82, 2.24) is 0 Å². The summed E-state index contributed by atoms with van der Waals surface area (Å²) in [6.45, 7) is 2.98.